The van der Waals surface area contributed by atoms with Gasteiger partial charge in [0.2, 0.25) is 0 Å². The van der Waals surface area contributed by atoms with Gasteiger partial charge in [0.1, 0.15) is 17.7 Å². The number of hydrogen-bond donors (Lipinski definition) is 0. The fourth-order valence-corrected chi connectivity index (χ4v) is 6.99. The van der Waals surface area contributed by atoms with Crippen LogP contribution in [0, 0.1) is 13.8 Å². The third kappa shape index (κ3) is 7.37. The van der Waals surface area contributed by atoms with E-state index in [9.17, 15) is 4.79 Å². The lowest BCUT2D eigenvalue weighted by atomic mass is 10.0. The number of aryl methyl sites for hydroxylation is 2. The smallest absolute Gasteiger partial charge is 0.254 e. The van der Waals surface area contributed by atoms with Crippen LogP contribution in [0.5, 0.6) is 0 Å². The van der Waals surface area contributed by atoms with Crippen molar-refractivity contribution in [2.24, 2.45) is 0 Å². The van der Waals surface area contributed by atoms with E-state index in [4.69, 9.17) is 4.42 Å². The van der Waals surface area contributed by atoms with Gasteiger partial charge in [-0.3, -0.25) is 4.79 Å². The molecule has 6 rings (SSSR count). The molecular weight excluding hydrogens is 632 g/mol. The van der Waals surface area contributed by atoms with Gasteiger partial charge in [0.25, 0.3) is 5.91 Å². The van der Waals surface area contributed by atoms with Gasteiger partial charge < -0.3 is 30.8 Å². The number of furan rings is 1. The number of unbranched alkanes of at least 4 members (excludes halogenated alkanes) is 1. The molecule has 0 aliphatic carbocycles. The van der Waals surface area contributed by atoms with Crippen LogP contribution in [0.1, 0.15) is 59.3 Å². The molecule has 5 aromatic carbocycles. The van der Waals surface area contributed by atoms with E-state index in [0.29, 0.717) is 18.7 Å². The zero-order chi connectivity index (χ0) is 31.4. The molecule has 238 valence electrons. The first kappa shape index (κ1) is 33.4. The van der Waals surface area contributed by atoms with E-state index >= 15 is 0 Å². The molecule has 4 nitrogen and oxygen atoms in total. The first-order valence-corrected chi connectivity index (χ1v) is 16.5. The molecule has 1 aromatic heterocycles. The number of halogens is 1. The molecule has 0 bridgehead atoms. The standard InChI is InChI=1S/C41H45N2O2.BrH/c1-5-43(6-2,29-33-24-30(3)23-31(4)25-33)22-12-11-21-42(28-32-17-18-34-13-7-8-14-35(34)26-32)41(44)36-19-20-40-38(27-36)37-15-9-10-16-39(37)45-40;/h7-10,13-20,23-27H,5-6,11-12,21-22,28-29H2,1-4H3;1H/q+1;/p-1. The Morgan fingerprint density at radius 2 is 1.39 bits per heavy atom. The molecule has 0 aliphatic rings. The molecule has 6 aromatic rings. The SMILES string of the molecule is CC[N+](CC)(CCCCN(Cc1ccc2ccccc2c1)C(=O)c1ccc2oc3ccccc3c2c1)Cc1cc(C)cc(C)c1.[Br-]. The minimum absolute atomic E-state index is 0. The first-order chi connectivity index (χ1) is 21.9. The number of para-hydroxylation sites is 1. The number of rotatable bonds is 12. The summed E-state index contributed by atoms with van der Waals surface area (Å²) in [6.45, 7) is 14.7. The van der Waals surface area contributed by atoms with E-state index < -0.39 is 0 Å². The monoisotopic (exact) mass is 676 g/mol. The Balaban J connectivity index is 0.00000417. The van der Waals surface area contributed by atoms with Gasteiger partial charge in [-0.25, -0.2) is 0 Å². The third-order valence-corrected chi connectivity index (χ3v) is 9.55. The van der Waals surface area contributed by atoms with Crippen molar-refractivity contribution >= 4 is 38.6 Å². The minimum Gasteiger partial charge on any atom is -1.00 e. The Kier molecular flexibility index (Phi) is 10.7. The minimum atomic E-state index is 0. The van der Waals surface area contributed by atoms with Gasteiger partial charge in [-0.1, -0.05) is 83.9 Å². The lowest BCUT2D eigenvalue weighted by molar-refractivity contribution is -0.938. The summed E-state index contributed by atoms with van der Waals surface area (Å²) in [6.07, 6.45) is 2.03. The van der Waals surface area contributed by atoms with Crippen molar-refractivity contribution in [3.63, 3.8) is 0 Å². The summed E-state index contributed by atoms with van der Waals surface area (Å²) in [5.41, 5.74) is 7.60. The van der Waals surface area contributed by atoms with Crippen molar-refractivity contribution in [1.82, 2.24) is 4.90 Å². The Morgan fingerprint density at radius 1 is 0.696 bits per heavy atom. The lowest BCUT2D eigenvalue weighted by Crippen LogP contribution is -3.00. The number of hydrogen-bond acceptors (Lipinski definition) is 2. The molecule has 0 saturated heterocycles. The van der Waals surface area contributed by atoms with Gasteiger partial charge in [0.05, 0.1) is 19.6 Å². The normalized spacial score (nSPS) is 11.7. The summed E-state index contributed by atoms with van der Waals surface area (Å²) in [7, 11) is 0. The highest BCUT2D eigenvalue weighted by Crippen LogP contribution is 2.30. The van der Waals surface area contributed by atoms with E-state index in [1.807, 2.05) is 41.3 Å². The molecule has 0 spiro atoms. The van der Waals surface area contributed by atoms with Crippen molar-refractivity contribution in [2.45, 2.75) is 53.6 Å². The molecule has 0 saturated carbocycles. The maximum Gasteiger partial charge on any atom is 0.254 e. The summed E-state index contributed by atoms with van der Waals surface area (Å²) in [5.74, 6) is 0.0670. The zero-order valence-corrected chi connectivity index (χ0v) is 29.1. The topological polar surface area (TPSA) is 33.5 Å². The van der Waals surface area contributed by atoms with Crippen molar-refractivity contribution in [3.8, 4) is 0 Å². The maximum atomic E-state index is 14.2. The number of benzene rings is 5. The Bertz CT molecular complexity index is 1940. The van der Waals surface area contributed by atoms with Gasteiger partial charge in [-0.15, -0.1) is 0 Å². The first-order valence-electron chi connectivity index (χ1n) is 16.5. The van der Waals surface area contributed by atoms with Crippen LogP contribution in [0.2, 0.25) is 0 Å². The summed E-state index contributed by atoms with van der Waals surface area (Å²) in [4.78, 5) is 16.3. The van der Waals surface area contributed by atoms with Crippen LogP contribution in [-0.2, 0) is 13.1 Å². The van der Waals surface area contributed by atoms with E-state index in [0.717, 1.165) is 71.0 Å². The van der Waals surface area contributed by atoms with Gasteiger partial charge in [-0.05, 0) is 87.2 Å². The van der Waals surface area contributed by atoms with Crippen molar-refractivity contribution in [2.75, 3.05) is 26.2 Å². The summed E-state index contributed by atoms with van der Waals surface area (Å²) >= 11 is 0. The predicted octanol–water partition coefficient (Wildman–Crippen LogP) is 6.84. The zero-order valence-electron chi connectivity index (χ0n) is 27.6. The number of quaternary nitrogens is 1. The van der Waals surface area contributed by atoms with Gasteiger partial charge in [-0.2, -0.15) is 0 Å². The van der Waals surface area contributed by atoms with Crippen molar-refractivity contribution < 1.29 is 30.7 Å². The van der Waals surface area contributed by atoms with Crippen LogP contribution >= 0.6 is 0 Å². The molecule has 46 heavy (non-hydrogen) atoms. The fraction of sp³-hybridized carbons (Fsp3) is 0.293. The summed E-state index contributed by atoms with van der Waals surface area (Å²) in [6, 6.07) is 35.8. The molecular formula is C41H45BrN2O2. The van der Waals surface area contributed by atoms with E-state index in [-0.39, 0.29) is 22.9 Å². The van der Waals surface area contributed by atoms with Crippen LogP contribution in [-0.4, -0.2) is 41.5 Å². The average molecular weight is 678 g/mol. The van der Waals surface area contributed by atoms with Crippen molar-refractivity contribution in [3.05, 3.63) is 131 Å². The van der Waals surface area contributed by atoms with E-state index in [2.05, 4.69) is 94.4 Å². The van der Waals surface area contributed by atoms with Crippen LogP contribution in [0.3, 0.4) is 0 Å². The molecule has 0 radical (unpaired) electrons. The highest BCUT2D eigenvalue weighted by Gasteiger charge is 2.24. The largest absolute Gasteiger partial charge is 1.00 e. The Morgan fingerprint density at radius 3 is 2.15 bits per heavy atom. The maximum absolute atomic E-state index is 14.2. The lowest BCUT2D eigenvalue weighted by Gasteiger charge is -2.37. The Labute approximate surface area is 284 Å². The number of carbonyl (C=O) groups is 1. The second kappa shape index (κ2) is 14.7. The highest BCUT2D eigenvalue weighted by atomic mass is 79.9. The molecule has 5 heteroatoms. The summed E-state index contributed by atoms with van der Waals surface area (Å²) < 4.78 is 7.11. The average Bonchev–Trinajstić information content (AvgIpc) is 3.42. The molecule has 0 atom stereocenters. The molecule has 0 aliphatic heterocycles. The van der Waals surface area contributed by atoms with E-state index in [1.54, 1.807) is 0 Å². The van der Waals surface area contributed by atoms with Crippen LogP contribution in [0.4, 0.5) is 0 Å². The molecule has 0 fully saturated rings. The fourth-order valence-electron chi connectivity index (χ4n) is 6.99. The number of fused-ring (bicyclic) bond motifs is 4. The number of amides is 1. The molecule has 0 unspecified atom stereocenters. The highest BCUT2D eigenvalue weighted by molar-refractivity contribution is 6.08. The second-order valence-electron chi connectivity index (χ2n) is 12.8. The molecule has 0 N–H and O–H groups in total. The quantitative estimate of drug-likeness (QED) is 0.105. The van der Waals surface area contributed by atoms with Crippen molar-refractivity contribution in [1.29, 1.82) is 0 Å². The molecule has 1 heterocycles. The van der Waals surface area contributed by atoms with Crippen LogP contribution in [0.25, 0.3) is 32.7 Å². The van der Waals surface area contributed by atoms with Gasteiger partial charge >= 0.3 is 0 Å². The predicted molar refractivity (Wildman–Crippen MR) is 187 cm³/mol. The summed E-state index contributed by atoms with van der Waals surface area (Å²) in [5, 5.41) is 4.45. The van der Waals surface area contributed by atoms with Gasteiger partial charge in [0.15, 0.2) is 0 Å². The van der Waals surface area contributed by atoms with Crippen LogP contribution in [0.15, 0.2) is 108 Å². The van der Waals surface area contributed by atoms with Gasteiger partial charge in [0, 0.05) is 35.0 Å². The molecule has 1 amide bonds. The Hall–Kier alpha value is -3.93. The number of carbonyl (C=O) groups excluding carboxylic acids is 1. The number of nitrogens with zero attached hydrogens (tertiary/aromatic N) is 2. The van der Waals surface area contributed by atoms with E-state index in [1.165, 1.54) is 27.5 Å². The third-order valence-electron chi connectivity index (χ3n) is 9.55. The van der Waals surface area contributed by atoms with Crippen LogP contribution < -0.4 is 17.0 Å². The second-order valence-corrected chi connectivity index (χ2v) is 12.8.